The van der Waals surface area contributed by atoms with Gasteiger partial charge in [0.15, 0.2) is 0 Å². The number of anilines is 1. The van der Waals surface area contributed by atoms with Crippen molar-refractivity contribution in [2.75, 3.05) is 25.5 Å². The number of halogens is 1. The zero-order chi connectivity index (χ0) is 22.4. The maximum Gasteiger partial charge on any atom is 0.319 e. The topological polar surface area (TPSA) is 73.8 Å². The fourth-order valence-corrected chi connectivity index (χ4v) is 4.10. The number of nitrogens with one attached hydrogen (secondary N) is 2. The molecule has 2 unspecified atom stereocenters. The highest BCUT2D eigenvalue weighted by molar-refractivity contribution is 5.89. The Kier molecular flexibility index (Phi) is 7.87. The van der Waals surface area contributed by atoms with Crippen molar-refractivity contribution in [3.05, 3.63) is 59.9 Å². The zero-order valence-electron chi connectivity index (χ0n) is 18.3. The molecule has 1 heterocycles. The van der Waals surface area contributed by atoms with Gasteiger partial charge in [-0.2, -0.15) is 0 Å². The Morgan fingerprint density at radius 1 is 1.29 bits per heavy atom. The molecular weight excluding hydrogens is 397 g/mol. The molecule has 168 valence electrons. The summed E-state index contributed by atoms with van der Waals surface area (Å²) in [5, 5.41) is 16.2. The van der Waals surface area contributed by atoms with E-state index in [4.69, 9.17) is 4.74 Å². The summed E-state index contributed by atoms with van der Waals surface area (Å²) in [6.45, 7) is 5.28. The molecule has 0 spiro atoms. The molecule has 2 amide bonds. The van der Waals surface area contributed by atoms with Gasteiger partial charge in [-0.25, -0.2) is 9.18 Å². The number of rotatable bonds is 7. The van der Waals surface area contributed by atoms with Crippen LogP contribution in [0.5, 0.6) is 5.75 Å². The number of aliphatic hydroxyl groups excluding tert-OH is 1. The fraction of sp³-hybridized carbons (Fsp3) is 0.458. The predicted octanol–water partition coefficient (Wildman–Crippen LogP) is 3.97. The van der Waals surface area contributed by atoms with Crippen molar-refractivity contribution in [1.29, 1.82) is 0 Å². The largest absolute Gasteiger partial charge is 0.497 e. The maximum atomic E-state index is 13.2. The predicted molar refractivity (Wildman–Crippen MR) is 120 cm³/mol. The fourth-order valence-electron chi connectivity index (χ4n) is 4.10. The summed E-state index contributed by atoms with van der Waals surface area (Å²) in [5.74, 6) is 0.839. The molecule has 0 aromatic heterocycles. The summed E-state index contributed by atoms with van der Waals surface area (Å²) in [6.07, 6.45) is 1.22. The summed E-state index contributed by atoms with van der Waals surface area (Å²) in [5.41, 5.74) is 1.78. The van der Waals surface area contributed by atoms with Crippen LogP contribution in [0.15, 0.2) is 48.5 Å². The highest BCUT2D eigenvalue weighted by Crippen LogP contribution is 2.31. The molecule has 31 heavy (non-hydrogen) atoms. The normalized spacial score (nSPS) is 21.2. The average molecular weight is 430 g/mol. The number of methoxy groups -OCH3 is 1. The van der Waals surface area contributed by atoms with Crippen LogP contribution in [0.4, 0.5) is 14.9 Å². The molecule has 3 rings (SSSR count). The first-order chi connectivity index (χ1) is 14.9. The van der Waals surface area contributed by atoms with Crippen LogP contribution in [0.25, 0.3) is 0 Å². The summed E-state index contributed by atoms with van der Waals surface area (Å²) in [6, 6.07) is 13.4. The van der Waals surface area contributed by atoms with Gasteiger partial charge in [0.25, 0.3) is 0 Å². The van der Waals surface area contributed by atoms with Crippen LogP contribution in [0.1, 0.15) is 38.2 Å². The first kappa shape index (κ1) is 23.0. The minimum absolute atomic E-state index is 0.214. The van der Waals surface area contributed by atoms with Crippen molar-refractivity contribution in [1.82, 2.24) is 10.2 Å². The Labute approximate surface area is 183 Å². The van der Waals surface area contributed by atoms with E-state index in [1.54, 1.807) is 38.3 Å². The number of ether oxygens (including phenoxy) is 1. The lowest BCUT2D eigenvalue weighted by atomic mass is 9.85. The molecule has 3 N–H and O–H groups in total. The highest BCUT2D eigenvalue weighted by atomic mass is 19.1. The number of benzene rings is 2. The lowest BCUT2D eigenvalue weighted by molar-refractivity contribution is 0.0522. The van der Waals surface area contributed by atoms with Gasteiger partial charge >= 0.3 is 6.03 Å². The third kappa shape index (κ3) is 6.42. The molecule has 0 bridgehead atoms. The van der Waals surface area contributed by atoms with Gasteiger partial charge in [0.1, 0.15) is 11.6 Å². The molecule has 1 aliphatic rings. The first-order valence-corrected chi connectivity index (χ1v) is 10.7. The van der Waals surface area contributed by atoms with Gasteiger partial charge in [-0.3, -0.25) is 4.90 Å². The monoisotopic (exact) mass is 429 g/mol. The second-order valence-electron chi connectivity index (χ2n) is 8.30. The van der Waals surface area contributed by atoms with Gasteiger partial charge < -0.3 is 20.5 Å². The van der Waals surface area contributed by atoms with Crippen LogP contribution >= 0.6 is 0 Å². The van der Waals surface area contributed by atoms with Crippen LogP contribution in [-0.2, 0) is 0 Å². The summed E-state index contributed by atoms with van der Waals surface area (Å²) in [7, 11) is 1.57. The Hall–Kier alpha value is -2.64. The van der Waals surface area contributed by atoms with Gasteiger partial charge in [-0.1, -0.05) is 18.2 Å². The molecule has 0 radical (unpaired) electrons. The lowest BCUT2D eigenvalue weighted by Crippen LogP contribution is -2.51. The van der Waals surface area contributed by atoms with E-state index in [-0.39, 0.29) is 17.9 Å². The van der Waals surface area contributed by atoms with E-state index >= 15 is 0 Å². The van der Waals surface area contributed by atoms with Gasteiger partial charge in [-0.05, 0) is 69.0 Å². The number of likely N-dealkylation sites (tertiary alicyclic amines) is 1. The van der Waals surface area contributed by atoms with Crippen molar-refractivity contribution in [2.24, 2.45) is 0 Å². The quantitative estimate of drug-likeness (QED) is 0.623. The van der Waals surface area contributed by atoms with Gasteiger partial charge in [0.2, 0.25) is 0 Å². The minimum atomic E-state index is -0.694. The third-order valence-corrected chi connectivity index (χ3v) is 6.04. The smallest absolute Gasteiger partial charge is 0.319 e. The highest BCUT2D eigenvalue weighted by Gasteiger charge is 2.29. The number of hydrogen-bond acceptors (Lipinski definition) is 4. The number of nitrogens with zero attached hydrogens (tertiary/aromatic N) is 1. The Morgan fingerprint density at radius 3 is 2.71 bits per heavy atom. The number of piperidine rings is 1. The van der Waals surface area contributed by atoms with Gasteiger partial charge in [0.05, 0.1) is 19.3 Å². The van der Waals surface area contributed by atoms with Crippen LogP contribution < -0.4 is 15.4 Å². The molecule has 4 atom stereocenters. The van der Waals surface area contributed by atoms with E-state index in [1.165, 1.54) is 12.1 Å². The number of carbonyl (C=O) groups is 1. The molecule has 2 aromatic rings. The minimum Gasteiger partial charge on any atom is -0.497 e. The SMILES string of the molecule is COc1cccc(NC(=O)N[C@@H](C)[C@@H](O)CN2CCC(c3ccc(F)cc3)CC2C)c1. The Balaban J connectivity index is 1.47. The second kappa shape index (κ2) is 10.6. The lowest BCUT2D eigenvalue weighted by Gasteiger charge is -2.39. The van der Waals surface area contributed by atoms with E-state index in [0.29, 0.717) is 23.9 Å². The van der Waals surface area contributed by atoms with Crippen LogP contribution in [0.2, 0.25) is 0 Å². The molecule has 1 fully saturated rings. The molecule has 1 aliphatic heterocycles. The number of amides is 2. The molecule has 1 saturated heterocycles. The number of hydrogen-bond donors (Lipinski definition) is 3. The number of β-amino-alcohol motifs (C(OH)–C–C–N with tert-alkyl or cyclic N) is 1. The van der Waals surface area contributed by atoms with Gasteiger partial charge in [-0.15, -0.1) is 0 Å². The Morgan fingerprint density at radius 2 is 2.03 bits per heavy atom. The molecule has 0 aliphatic carbocycles. The van der Waals surface area contributed by atoms with Crippen molar-refractivity contribution in [3.63, 3.8) is 0 Å². The number of aliphatic hydroxyl groups is 1. The molecule has 0 saturated carbocycles. The van der Waals surface area contributed by atoms with Crippen LogP contribution in [0.3, 0.4) is 0 Å². The van der Waals surface area contributed by atoms with Crippen LogP contribution in [-0.4, -0.2) is 54.4 Å². The third-order valence-electron chi connectivity index (χ3n) is 6.04. The maximum absolute atomic E-state index is 13.2. The van der Waals surface area contributed by atoms with E-state index in [9.17, 15) is 14.3 Å². The summed E-state index contributed by atoms with van der Waals surface area (Å²) >= 11 is 0. The average Bonchev–Trinajstić information content (AvgIpc) is 2.75. The first-order valence-electron chi connectivity index (χ1n) is 10.7. The van der Waals surface area contributed by atoms with Crippen molar-refractivity contribution < 1.29 is 19.0 Å². The van der Waals surface area contributed by atoms with E-state index in [1.807, 2.05) is 12.1 Å². The van der Waals surface area contributed by atoms with Crippen LogP contribution in [0, 0.1) is 5.82 Å². The molecule has 7 heteroatoms. The Bertz CT molecular complexity index is 861. The molecule has 2 aromatic carbocycles. The number of carbonyl (C=O) groups excluding carboxylic acids is 1. The standard InChI is InChI=1S/C24H32FN3O3/c1-16-13-19(18-7-9-20(25)10-8-18)11-12-28(16)15-23(29)17(2)26-24(30)27-21-5-4-6-22(14-21)31-3/h4-10,14,16-17,19,23,29H,11-13,15H2,1-3H3,(H2,26,27,30)/t16?,17-,19?,23-/m0/s1. The second-order valence-corrected chi connectivity index (χ2v) is 8.30. The van der Waals surface area contributed by atoms with Gasteiger partial charge in [0, 0.05) is 24.3 Å². The number of urea groups is 1. The summed E-state index contributed by atoms with van der Waals surface area (Å²) < 4.78 is 18.3. The summed E-state index contributed by atoms with van der Waals surface area (Å²) in [4.78, 5) is 14.5. The van der Waals surface area contributed by atoms with Crippen molar-refractivity contribution in [3.8, 4) is 5.75 Å². The van der Waals surface area contributed by atoms with E-state index in [2.05, 4.69) is 22.5 Å². The van der Waals surface area contributed by atoms with Crippen molar-refractivity contribution >= 4 is 11.7 Å². The molecular formula is C24H32FN3O3. The molecule has 6 nitrogen and oxygen atoms in total. The van der Waals surface area contributed by atoms with E-state index < -0.39 is 12.1 Å². The van der Waals surface area contributed by atoms with Crippen molar-refractivity contribution in [2.45, 2.75) is 50.8 Å². The zero-order valence-corrected chi connectivity index (χ0v) is 18.3. The van der Waals surface area contributed by atoms with E-state index in [0.717, 1.165) is 24.9 Å².